The second-order valence-electron chi connectivity index (χ2n) is 8.56. The topological polar surface area (TPSA) is 81.8 Å². The Hall–Kier alpha value is -2.57. The number of benzene rings is 1. The third kappa shape index (κ3) is 3.57. The molecule has 7 nitrogen and oxygen atoms in total. The van der Waals surface area contributed by atoms with E-state index in [1.165, 1.54) is 12.8 Å². The number of amides is 4. The monoisotopic (exact) mass is 384 g/mol. The first-order valence-electron chi connectivity index (χ1n) is 10.2. The van der Waals surface area contributed by atoms with Gasteiger partial charge in [0.25, 0.3) is 5.91 Å². The lowest BCUT2D eigenvalue weighted by atomic mass is 9.96. The van der Waals surface area contributed by atoms with Gasteiger partial charge in [-0.15, -0.1) is 0 Å². The second kappa shape index (κ2) is 7.11. The van der Waals surface area contributed by atoms with E-state index in [-0.39, 0.29) is 24.3 Å². The highest BCUT2D eigenvalue weighted by Crippen LogP contribution is 2.42. The largest absolute Gasteiger partial charge is 0.372 e. The number of rotatable bonds is 5. The van der Waals surface area contributed by atoms with E-state index in [0.29, 0.717) is 5.69 Å². The molecule has 0 radical (unpaired) electrons. The molecule has 3 aliphatic rings. The minimum atomic E-state index is -0.856. The average molecular weight is 384 g/mol. The number of nitrogens with one attached hydrogen (secondary N) is 2. The van der Waals surface area contributed by atoms with Crippen LogP contribution in [0.2, 0.25) is 0 Å². The lowest BCUT2D eigenvalue weighted by Gasteiger charge is -2.32. The van der Waals surface area contributed by atoms with Crippen LogP contribution in [0.1, 0.15) is 39.5 Å². The van der Waals surface area contributed by atoms with E-state index in [1.54, 1.807) is 6.92 Å². The molecule has 2 N–H and O–H groups in total. The predicted molar refractivity (Wildman–Crippen MR) is 107 cm³/mol. The summed E-state index contributed by atoms with van der Waals surface area (Å²) in [4.78, 5) is 40.5. The van der Waals surface area contributed by atoms with Crippen LogP contribution in [0.15, 0.2) is 24.3 Å². The fourth-order valence-corrected chi connectivity index (χ4v) is 4.16. The van der Waals surface area contributed by atoms with Crippen LogP contribution in [-0.2, 0) is 9.59 Å². The molecule has 1 saturated carbocycles. The number of anilines is 2. The third-order valence-corrected chi connectivity index (χ3v) is 6.30. The number of hydrogen-bond acceptors (Lipinski definition) is 4. The van der Waals surface area contributed by atoms with Crippen LogP contribution < -0.4 is 15.5 Å². The van der Waals surface area contributed by atoms with Gasteiger partial charge in [-0.1, -0.05) is 6.92 Å². The van der Waals surface area contributed by atoms with Crippen LogP contribution in [0.4, 0.5) is 16.2 Å². The van der Waals surface area contributed by atoms with Gasteiger partial charge in [-0.25, -0.2) is 4.79 Å². The molecule has 3 fully saturated rings. The Morgan fingerprint density at radius 2 is 1.79 bits per heavy atom. The van der Waals surface area contributed by atoms with Gasteiger partial charge in [-0.2, -0.15) is 0 Å². The van der Waals surface area contributed by atoms with E-state index in [9.17, 15) is 14.4 Å². The van der Waals surface area contributed by atoms with E-state index in [1.807, 2.05) is 24.3 Å². The lowest BCUT2D eigenvalue weighted by molar-refractivity contribution is -0.134. The highest BCUT2D eigenvalue weighted by atomic mass is 16.2. The van der Waals surface area contributed by atoms with Crippen molar-refractivity contribution in [2.24, 2.45) is 11.8 Å². The number of urea groups is 1. The summed E-state index contributed by atoms with van der Waals surface area (Å²) in [6.45, 7) is 5.88. The van der Waals surface area contributed by atoms with Crippen molar-refractivity contribution in [1.82, 2.24) is 10.2 Å². The highest BCUT2D eigenvalue weighted by molar-refractivity contribution is 6.10. The fourth-order valence-electron chi connectivity index (χ4n) is 4.16. The second-order valence-corrected chi connectivity index (χ2v) is 8.56. The van der Waals surface area contributed by atoms with Crippen molar-refractivity contribution in [3.8, 4) is 0 Å². The van der Waals surface area contributed by atoms with Crippen molar-refractivity contribution in [1.29, 1.82) is 0 Å². The molecule has 150 valence electrons. The van der Waals surface area contributed by atoms with Gasteiger partial charge < -0.3 is 15.5 Å². The molecule has 0 spiro atoms. The molecule has 1 aliphatic carbocycles. The van der Waals surface area contributed by atoms with E-state index in [0.717, 1.165) is 42.4 Å². The maximum absolute atomic E-state index is 12.6. The molecule has 1 atom stereocenters. The Morgan fingerprint density at radius 3 is 2.39 bits per heavy atom. The molecule has 0 unspecified atom stereocenters. The molecule has 4 rings (SSSR count). The molecule has 1 aromatic rings. The zero-order valence-electron chi connectivity index (χ0n) is 16.5. The minimum absolute atomic E-state index is 0.183. The van der Waals surface area contributed by atoms with Gasteiger partial charge in [0.15, 0.2) is 0 Å². The third-order valence-electron chi connectivity index (χ3n) is 6.30. The van der Waals surface area contributed by atoms with Gasteiger partial charge in [0.05, 0.1) is 0 Å². The van der Waals surface area contributed by atoms with Gasteiger partial charge in [-0.3, -0.25) is 14.5 Å². The molecule has 2 saturated heterocycles. The first kappa shape index (κ1) is 18.8. The molecule has 0 bridgehead atoms. The molecule has 1 aromatic carbocycles. The zero-order valence-corrected chi connectivity index (χ0v) is 16.5. The quantitative estimate of drug-likeness (QED) is 0.765. The Bertz CT molecular complexity index is 781. The Balaban J connectivity index is 1.34. The standard InChI is InChI=1S/C21H28N4O3/c1-14-9-11-24(12-10-14)17-7-5-16(6-8-17)22-18(26)13-25-19(27)21(2,15-3-4-15)23-20(25)28/h5-8,14-15H,3-4,9-13H2,1-2H3,(H,22,26)(H,23,28)/t21-/m1/s1. The molecule has 2 heterocycles. The van der Waals surface area contributed by atoms with Crippen LogP contribution in [0.3, 0.4) is 0 Å². The smallest absolute Gasteiger partial charge is 0.325 e. The van der Waals surface area contributed by atoms with Crippen molar-refractivity contribution in [3.05, 3.63) is 24.3 Å². The Labute approximate surface area is 165 Å². The predicted octanol–water partition coefficient (Wildman–Crippen LogP) is 2.58. The summed E-state index contributed by atoms with van der Waals surface area (Å²) in [5, 5.41) is 5.55. The van der Waals surface area contributed by atoms with E-state index in [2.05, 4.69) is 22.5 Å². The fraction of sp³-hybridized carbons (Fsp3) is 0.571. The molecular weight excluding hydrogens is 356 g/mol. The average Bonchev–Trinajstić information content (AvgIpc) is 3.49. The normalized spacial score (nSPS) is 25.8. The summed E-state index contributed by atoms with van der Waals surface area (Å²) in [7, 11) is 0. The van der Waals surface area contributed by atoms with Gasteiger partial charge in [0.1, 0.15) is 12.1 Å². The highest BCUT2D eigenvalue weighted by Gasteiger charge is 2.56. The van der Waals surface area contributed by atoms with Gasteiger partial charge in [0.2, 0.25) is 5.91 Å². The molecule has 7 heteroatoms. The number of carbonyl (C=O) groups excluding carboxylic acids is 3. The van der Waals surface area contributed by atoms with Gasteiger partial charge in [0, 0.05) is 24.5 Å². The van der Waals surface area contributed by atoms with Crippen LogP contribution in [0.25, 0.3) is 0 Å². The minimum Gasteiger partial charge on any atom is -0.372 e. The number of imide groups is 1. The molecule has 2 aliphatic heterocycles. The number of nitrogens with zero attached hydrogens (tertiary/aromatic N) is 2. The summed E-state index contributed by atoms with van der Waals surface area (Å²) < 4.78 is 0. The van der Waals surface area contributed by atoms with E-state index in [4.69, 9.17) is 0 Å². The first-order valence-corrected chi connectivity index (χ1v) is 10.2. The SMILES string of the molecule is CC1CCN(c2ccc(NC(=O)CN3C(=O)N[C@](C)(C4CC4)C3=O)cc2)CC1. The van der Waals surface area contributed by atoms with E-state index >= 15 is 0 Å². The summed E-state index contributed by atoms with van der Waals surface area (Å²) in [6.07, 6.45) is 4.27. The Morgan fingerprint density at radius 1 is 1.14 bits per heavy atom. The molecule has 4 amide bonds. The molecule has 28 heavy (non-hydrogen) atoms. The summed E-state index contributed by atoms with van der Waals surface area (Å²) >= 11 is 0. The van der Waals surface area contributed by atoms with Crippen molar-refractivity contribution >= 4 is 29.2 Å². The van der Waals surface area contributed by atoms with Gasteiger partial charge >= 0.3 is 6.03 Å². The van der Waals surface area contributed by atoms with Gasteiger partial charge in [-0.05, 0) is 68.7 Å². The summed E-state index contributed by atoms with van der Waals surface area (Å²) in [5.74, 6) is 0.289. The Kier molecular flexibility index (Phi) is 4.77. The van der Waals surface area contributed by atoms with Crippen molar-refractivity contribution in [3.63, 3.8) is 0 Å². The van der Waals surface area contributed by atoms with Crippen molar-refractivity contribution in [2.45, 2.75) is 45.1 Å². The number of carbonyl (C=O) groups is 3. The summed E-state index contributed by atoms with van der Waals surface area (Å²) in [6, 6.07) is 7.26. The van der Waals surface area contributed by atoms with Crippen LogP contribution >= 0.6 is 0 Å². The zero-order chi connectivity index (χ0) is 19.9. The maximum atomic E-state index is 12.6. The number of hydrogen-bond donors (Lipinski definition) is 2. The van der Waals surface area contributed by atoms with E-state index < -0.39 is 11.6 Å². The number of piperidine rings is 1. The van der Waals surface area contributed by atoms with Crippen LogP contribution in [-0.4, -0.2) is 47.9 Å². The maximum Gasteiger partial charge on any atom is 0.325 e. The van der Waals surface area contributed by atoms with Crippen molar-refractivity contribution < 1.29 is 14.4 Å². The molecular formula is C21H28N4O3. The molecule has 0 aromatic heterocycles. The lowest BCUT2D eigenvalue weighted by Crippen LogP contribution is -2.46. The summed E-state index contributed by atoms with van der Waals surface area (Å²) in [5.41, 5.74) is 0.959. The van der Waals surface area contributed by atoms with Crippen LogP contribution in [0.5, 0.6) is 0 Å². The first-order chi connectivity index (χ1) is 13.4. The van der Waals surface area contributed by atoms with Crippen LogP contribution in [0, 0.1) is 11.8 Å². The van der Waals surface area contributed by atoms with Crippen molar-refractivity contribution in [2.75, 3.05) is 29.9 Å².